The number of fused-ring (bicyclic) bond motifs is 1. The summed E-state index contributed by atoms with van der Waals surface area (Å²) in [5.41, 5.74) is 0.986. The Balaban J connectivity index is 1.64. The number of hydrogen-bond acceptors (Lipinski definition) is 6. The second-order valence-corrected chi connectivity index (χ2v) is 8.00. The van der Waals surface area contributed by atoms with Crippen LogP contribution in [0.15, 0.2) is 69.2 Å². The lowest BCUT2D eigenvalue weighted by atomic mass is 10.2. The largest absolute Gasteiger partial charge is 0.462 e. The van der Waals surface area contributed by atoms with Crippen molar-refractivity contribution in [1.29, 1.82) is 0 Å². The third kappa shape index (κ3) is 4.66. The molecule has 0 spiro atoms. The fourth-order valence-electron chi connectivity index (χ4n) is 2.78. The van der Waals surface area contributed by atoms with Crippen LogP contribution < -0.4 is 10.5 Å². The quantitative estimate of drug-likeness (QED) is 0.315. The minimum Gasteiger partial charge on any atom is -0.462 e. The van der Waals surface area contributed by atoms with Crippen LogP contribution in [0, 0.1) is 5.82 Å². The summed E-state index contributed by atoms with van der Waals surface area (Å²) in [6.07, 6.45) is 1.63. The van der Waals surface area contributed by atoms with E-state index >= 15 is 0 Å². The van der Waals surface area contributed by atoms with Crippen molar-refractivity contribution < 1.29 is 26.8 Å². The molecule has 158 valence electrons. The predicted molar refractivity (Wildman–Crippen MR) is 107 cm³/mol. The number of oxazole rings is 1. The Morgan fingerprint density at radius 2 is 2.03 bits per heavy atom. The van der Waals surface area contributed by atoms with E-state index in [0.717, 1.165) is 18.2 Å². The molecule has 0 aliphatic heterocycles. The number of hydrogen-bond donors (Lipinski definition) is 1. The van der Waals surface area contributed by atoms with Gasteiger partial charge in [0.25, 0.3) is 0 Å². The molecule has 0 amide bonds. The summed E-state index contributed by atoms with van der Waals surface area (Å²) in [6.45, 7) is 3.53. The van der Waals surface area contributed by atoms with Crippen molar-refractivity contribution in [3.8, 4) is 0 Å². The first-order chi connectivity index (χ1) is 14.3. The van der Waals surface area contributed by atoms with E-state index in [4.69, 9.17) is 9.15 Å². The Morgan fingerprint density at radius 3 is 2.80 bits per heavy atom. The lowest BCUT2D eigenvalue weighted by Gasteiger charge is -2.09. The summed E-state index contributed by atoms with van der Waals surface area (Å²) in [7, 11) is -4.14. The monoisotopic (exact) mass is 434 g/mol. The van der Waals surface area contributed by atoms with E-state index in [9.17, 15) is 22.4 Å². The fourth-order valence-corrected chi connectivity index (χ4v) is 3.88. The topological polar surface area (TPSA) is 108 Å². The number of benzene rings is 2. The van der Waals surface area contributed by atoms with Crippen molar-refractivity contribution in [3.63, 3.8) is 0 Å². The number of halogens is 1. The van der Waals surface area contributed by atoms with Gasteiger partial charge in [-0.2, -0.15) is 0 Å². The zero-order chi connectivity index (χ0) is 21.7. The van der Waals surface area contributed by atoms with Crippen LogP contribution in [0.5, 0.6) is 0 Å². The number of carbonyl (C=O) groups excluding carboxylic acids is 1. The maximum absolute atomic E-state index is 13.9. The molecular formula is C20H19FN2O6S. The maximum atomic E-state index is 13.9. The molecule has 3 aromatic rings. The van der Waals surface area contributed by atoms with Crippen LogP contribution in [-0.2, 0) is 21.3 Å². The van der Waals surface area contributed by atoms with E-state index < -0.39 is 32.5 Å². The first-order valence-electron chi connectivity index (χ1n) is 8.99. The lowest BCUT2D eigenvalue weighted by Crippen LogP contribution is -2.25. The Bertz CT molecular complexity index is 1250. The molecule has 1 aromatic heterocycles. The predicted octanol–water partition coefficient (Wildman–Crippen LogP) is 2.44. The van der Waals surface area contributed by atoms with Gasteiger partial charge in [-0.15, -0.1) is 6.58 Å². The summed E-state index contributed by atoms with van der Waals surface area (Å²) in [5.74, 6) is -2.31. The lowest BCUT2D eigenvalue weighted by molar-refractivity contribution is 0.0495. The number of esters is 1. The summed E-state index contributed by atoms with van der Waals surface area (Å²) in [5, 5.41) is 0. The van der Waals surface area contributed by atoms with Gasteiger partial charge in [0.05, 0.1) is 17.7 Å². The molecule has 30 heavy (non-hydrogen) atoms. The number of rotatable bonds is 9. The number of para-hydroxylation sites is 2. The van der Waals surface area contributed by atoms with E-state index in [2.05, 4.69) is 11.3 Å². The third-order valence-electron chi connectivity index (χ3n) is 4.21. The zero-order valence-corrected chi connectivity index (χ0v) is 16.7. The van der Waals surface area contributed by atoms with Gasteiger partial charge in [-0.1, -0.05) is 18.2 Å². The molecule has 0 atom stereocenters. The minimum absolute atomic E-state index is 0.0288. The van der Waals surface area contributed by atoms with E-state index in [1.54, 1.807) is 24.3 Å². The van der Waals surface area contributed by atoms with Gasteiger partial charge in [0.15, 0.2) is 5.58 Å². The van der Waals surface area contributed by atoms with Gasteiger partial charge in [-0.3, -0.25) is 4.57 Å². The average molecular weight is 434 g/mol. The molecule has 10 heteroatoms. The Hall–Kier alpha value is -3.24. The Kier molecular flexibility index (Phi) is 6.48. The van der Waals surface area contributed by atoms with Gasteiger partial charge >= 0.3 is 11.7 Å². The van der Waals surface area contributed by atoms with Gasteiger partial charge in [0.1, 0.15) is 10.7 Å². The van der Waals surface area contributed by atoms with Crippen LogP contribution in [0.1, 0.15) is 16.8 Å². The highest BCUT2D eigenvalue weighted by Crippen LogP contribution is 2.17. The Morgan fingerprint density at radius 1 is 1.27 bits per heavy atom. The van der Waals surface area contributed by atoms with Gasteiger partial charge in [0.2, 0.25) is 10.0 Å². The molecule has 0 saturated heterocycles. The summed E-state index contributed by atoms with van der Waals surface area (Å²) in [4.78, 5) is 23.5. The van der Waals surface area contributed by atoms with E-state index in [1.165, 1.54) is 10.6 Å². The summed E-state index contributed by atoms with van der Waals surface area (Å²) >= 11 is 0. The normalized spacial score (nSPS) is 11.5. The van der Waals surface area contributed by atoms with Gasteiger partial charge in [-0.25, -0.2) is 27.1 Å². The van der Waals surface area contributed by atoms with Crippen molar-refractivity contribution in [2.24, 2.45) is 0 Å². The molecule has 0 fully saturated rings. The minimum atomic E-state index is -4.14. The van der Waals surface area contributed by atoms with Gasteiger partial charge in [-0.05, 0) is 36.8 Å². The molecule has 1 N–H and O–H groups in total. The smallest absolute Gasteiger partial charge is 0.419 e. The fraction of sp³-hybridized carbons (Fsp3) is 0.200. The molecule has 0 aliphatic carbocycles. The highest BCUT2D eigenvalue weighted by atomic mass is 32.2. The van der Waals surface area contributed by atoms with Crippen LogP contribution in [0.25, 0.3) is 11.1 Å². The van der Waals surface area contributed by atoms with Crippen LogP contribution in [0.2, 0.25) is 0 Å². The van der Waals surface area contributed by atoms with Crippen LogP contribution in [0.3, 0.4) is 0 Å². The molecule has 1 heterocycles. The van der Waals surface area contributed by atoms with Crippen LogP contribution in [-0.4, -0.2) is 32.1 Å². The second kappa shape index (κ2) is 9.06. The average Bonchev–Trinajstić information content (AvgIpc) is 3.04. The molecule has 0 unspecified atom stereocenters. The van der Waals surface area contributed by atoms with Crippen molar-refractivity contribution in [3.05, 3.63) is 77.1 Å². The van der Waals surface area contributed by atoms with Gasteiger partial charge in [0, 0.05) is 13.1 Å². The standard InChI is InChI=1S/C20H19FN2O6S/c1-2-10-22-30(26,27)18-13-14(8-9-15(18)21)19(24)28-12-5-11-23-16-6-3-4-7-17(16)29-20(23)25/h2-4,6-9,13,22H,1,5,10-12H2. The molecule has 8 nitrogen and oxygen atoms in total. The van der Waals surface area contributed by atoms with Crippen molar-refractivity contribution in [1.82, 2.24) is 9.29 Å². The zero-order valence-electron chi connectivity index (χ0n) is 15.8. The number of aromatic nitrogens is 1. The van der Waals surface area contributed by atoms with E-state index in [1.807, 2.05) is 0 Å². The third-order valence-corrected chi connectivity index (χ3v) is 5.65. The highest BCUT2D eigenvalue weighted by Gasteiger charge is 2.21. The molecule has 0 aliphatic rings. The number of carbonyl (C=O) groups is 1. The van der Waals surface area contributed by atoms with Gasteiger partial charge < -0.3 is 9.15 Å². The molecular weight excluding hydrogens is 415 g/mol. The van der Waals surface area contributed by atoms with Crippen molar-refractivity contribution in [2.45, 2.75) is 17.9 Å². The van der Waals surface area contributed by atoms with Crippen molar-refractivity contribution in [2.75, 3.05) is 13.2 Å². The first kappa shape index (κ1) is 21.5. The summed E-state index contributed by atoms with van der Waals surface area (Å²) < 4.78 is 52.0. The number of sulfonamides is 1. The number of nitrogens with zero attached hydrogens (tertiary/aromatic N) is 1. The maximum Gasteiger partial charge on any atom is 0.419 e. The molecule has 0 radical (unpaired) electrons. The molecule has 2 aromatic carbocycles. The SMILES string of the molecule is C=CCNS(=O)(=O)c1cc(C(=O)OCCCn2c(=O)oc3ccccc32)ccc1F. The Labute approximate surface area is 171 Å². The highest BCUT2D eigenvalue weighted by molar-refractivity contribution is 7.89. The number of ether oxygens (including phenoxy) is 1. The van der Waals surface area contributed by atoms with Crippen LogP contribution >= 0.6 is 0 Å². The van der Waals surface area contributed by atoms with E-state index in [-0.39, 0.29) is 25.3 Å². The van der Waals surface area contributed by atoms with E-state index in [0.29, 0.717) is 17.5 Å². The number of nitrogens with one attached hydrogen (secondary N) is 1. The molecule has 3 rings (SSSR count). The molecule has 0 bridgehead atoms. The van der Waals surface area contributed by atoms with Crippen LogP contribution in [0.4, 0.5) is 4.39 Å². The summed E-state index contributed by atoms with van der Waals surface area (Å²) in [6, 6.07) is 9.88. The second-order valence-electron chi connectivity index (χ2n) is 6.26. The first-order valence-corrected chi connectivity index (χ1v) is 10.5. The molecule has 0 saturated carbocycles. The van der Waals surface area contributed by atoms with Crippen molar-refractivity contribution >= 4 is 27.1 Å². The number of aryl methyl sites for hydroxylation is 1.